The smallest absolute Gasteiger partial charge is 0.223 e. The van der Waals surface area contributed by atoms with E-state index in [2.05, 4.69) is 60.2 Å². The van der Waals surface area contributed by atoms with E-state index in [0.29, 0.717) is 5.92 Å². The van der Waals surface area contributed by atoms with Gasteiger partial charge in [0.2, 0.25) is 5.91 Å². The Morgan fingerprint density at radius 1 is 1.23 bits per heavy atom. The number of nitrogens with zero attached hydrogens (tertiary/aromatic N) is 2. The number of amides is 1. The number of piperidine rings is 1. The molecule has 2 heterocycles. The number of carbonyl (C=O) groups is 1. The molecule has 26 heavy (non-hydrogen) atoms. The zero-order valence-electron chi connectivity index (χ0n) is 15.9. The number of aromatic nitrogens is 1. The van der Waals surface area contributed by atoms with Crippen LogP contribution in [0.15, 0.2) is 36.5 Å². The number of hydrogen-bond donors (Lipinski definition) is 1. The molecule has 1 N–H and O–H groups in total. The van der Waals surface area contributed by atoms with Gasteiger partial charge in [0.05, 0.1) is 11.4 Å². The molecule has 1 saturated heterocycles. The normalized spacial score (nSPS) is 17.4. The van der Waals surface area contributed by atoms with Gasteiger partial charge in [-0.1, -0.05) is 44.2 Å². The van der Waals surface area contributed by atoms with E-state index in [1.807, 2.05) is 12.3 Å². The highest BCUT2D eigenvalue weighted by Gasteiger charge is 2.26. The van der Waals surface area contributed by atoms with Crippen LogP contribution >= 0.6 is 11.3 Å². The SMILES string of the molecule is CC(C)C(C)NC(=O)C1CCN(Cc2ncc(-c3ccccc3)s2)CC1. The maximum absolute atomic E-state index is 12.4. The van der Waals surface area contributed by atoms with Crippen molar-refractivity contribution in [1.29, 1.82) is 0 Å². The zero-order valence-corrected chi connectivity index (χ0v) is 16.8. The summed E-state index contributed by atoms with van der Waals surface area (Å²) in [5.74, 6) is 0.859. The highest BCUT2D eigenvalue weighted by Crippen LogP contribution is 2.27. The summed E-state index contributed by atoms with van der Waals surface area (Å²) in [6, 6.07) is 10.6. The van der Waals surface area contributed by atoms with Crippen molar-refractivity contribution in [2.75, 3.05) is 13.1 Å². The minimum absolute atomic E-state index is 0.156. The van der Waals surface area contributed by atoms with Gasteiger partial charge in [-0.2, -0.15) is 0 Å². The van der Waals surface area contributed by atoms with Crippen molar-refractivity contribution < 1.29 is 4.79 Å². The van der Waals surface area contributed by atoms with Crippen LogP contribution in [0.3, 0.4) is 0 Å². The Morgan fingerprint density at radius 2 is 1.92 bits per heavy atom. The van der Waals surface area contributed by atoms with E-state index in [4.69, 9.17) is 0 Å². The molecule has 1 aliphatic heterocycles. The lowest BCUT2D eigenvalue weighted by molar-refractivity contribution is -0.127. The second-order valence-corrected chi connectivity index (χ2v) is 8.69. The number of nitrogens with one attached hydrogen (secondary N) is 1. The van der Waals surface area contributed by atoms with Crippen molar-refractivity contribution in [2.45, 2.75) is 46.2 Å². The second-order valence-electron chi connectivity index (χ2n) is 7.58. The Bertz CT molecular complexity index is 705. The van der Waals surface area contributed by atoms with Crippen LogP contribution < -0.4 is 5.32 Å². The first-order chi connectivity index (χ1) is 12.5. The largest absolute Gasteiger partial charge is 0.353 e. The third-order valence-electron chi connectivity index (χ3n) is 5.30. The quantitative estimate of drug-likeness (QED) is 0.828. The molecular formula is C21H29N3OS. The number of likely N-dealkylation sites (tertiary alicyclic amines) is 1. The first-order valence-electron chi connectivity index (χ1n) is 9.56. The molecule has 2 aromatic rings. The summed E-state index contributed by atoms with van der Waals surface area (Å²) in [4.78, 5) is 20.6. The summed E-state index contributed by atoms with van der Waals surface area (Å²) in [7, 11) is 0. The lowest BCUT2D eigenvalue weighted by Crippen LogP contribution is -2.44. The molecule has 3 rings (SSSR count). The predicted octanol–water partition coefficient (Wildman–Crippen LogP) is 4.18. The fourth-order valence-electron chi connectivity index (χ4n) is 3.17. The average Bonchev–Trinajstić information content (AvgIpc) is 3.11. The molecule has 1 unspecified atom stereocenters. The molecular weight excluding hydrogens is 342 g/mol. The Balaban J connectivity index is 1.49. The molecule has 1 aromatic carbocycles. The number of hydrogen-bond acceptors (Lipinski definition) is 4. The summed E-state index contributed by atoms with van der Waals surface area (Å²) in [6.07, 6.45) is 3.85. The number of carbonyl (C=O) groups excluding carboxylic acids is 1. The van der Waals surface area contributed by atoms with Crippen molar-refractivity contribution in [3.05, 3.63) is 41.5 Å². The lowest BCUT2D eigenvalue weighted by Gasteiger charge is -2.31. The van der Waals surface area contributed by atoms with Crippen LogP contribution in [0.5, 0.6) is 0 Å². The third-order valence-corrected chi connectivity index (χ3v) is 6.33. The average molecular weight is 372 g/mol. The number of benzene rings is 1. The molecule has 1 aliphatic rings. The van der Waals surface area contributed by atoms with Crippen LogP contribution in [0.4, 0.5) is 0 Å². The zero-order chi connectivity index (χ0) is 18.5. The molecule has 0 spiro atoms. The molecule has 140 valence electrons. The molecule has 1 aromatic heterocycles. The summed E-state index contributed by atoms with van der Waals surface area (Å²) in [5.41, 5.74) is 1.23. The van der Waals surface area contributed by atoms with Gasteiger partial charge in [0.1, 0.15) is 5.01 Å². The predicted molar refractivity (Wildman–Crippen MR) is 108 cm³/mol. The van der Waals surface area contributed by atoms with Crippen molar-refractivity contribution in [1.82, 2.24) is 15.2 Å². The Morgan fingerprint density at radius 3 is 2.58 bits per heavy atom. The van der Waals surface area contributed by atoms with Gasteiger partial charge in [-0.3, -0.25) is 9.69 Å². The van der Waals surface area contributed by atoms with Crippen molar-refractivity contribution in [2.24, 2.45) is 11.8 Å². The highest BCUT2D eigenvalue weighted by atomic mass is 32.1. The number of thiazole rings is 1. The fraction of sp³-hybridized carbons (Fsp3) is 0.524. The van der Waals surface area contributed by atoms with Gasteiger partial charge in [0.25, 0.3) is 0 Å². The summed E-state index contributed by atoms with van der Waals surface area (Å²) in [5, 5.41) is 4.32. The van der Waals surface area contributed by atoms with Crippen LogP contribution in [0.2, 0.25) is 0 Å². The Kier molecular flexibility index (Phi) is 6.43. The van der Waals surface area contributed by atoms with Gasteiger partial charge in [-0.25, -0.2) is 4.98 Å². The molecule has 1 amide bonds. The van der Waals surface area contributed by atoms with E-state index in [-0.39, 0.29) is 17.9 Å². The van der Waals surface area contributed by atoms with Crippen molar-refractivity contribution in [3.63, 3.8) is 0 Å². The van der Waals surface area contributed by atoms with Crippen molar-refractivity contribution in [3.8, 4) is 10.4 Å². The minimum Gasteiger partial charge on any atom is -0.353 e. The fourth-order valence-corrected chi connectivity index (χ4v) is 4.14. The van der Waals surface area contributed by atoms with Gasteiger partial charge < -0.3 is 5.32 Å². The maximum Gasteiger partial charge on any atom is 0.223 e. The van der Waals surface area contributed by atoms with E-state index < -0.39 is 0 Å². The molecule has 0 aliphatic carbocycles. The lowest BCUT2D eigenvalue weighted by atomic mass is 9.95. The number of rotatable bonds is 6. The summed E-state index contributed by atoms with van der Waals surface area (Å²) < 4.78 is 0. The van der Waals surface area contributed by atoms with E-state index in [1.165, 1.54) is 10.4 Å². The Hall–Kier alpha value is -1.72. The Labute approximate surface area is 160 Å². The molecule has 5 heteroatoms. The summed E-state index contributed by atoms with van der Waals surface area (Å²) in [6.45, 7) is 9.19. The maximum atomic E-state index is 12.4. The van der Waals surface area contributed by atoms with E-state index in [1.54, 1.807) is 11.3 Å². The van der Waals surface area contributed by atoms with Gasteiger partial charge >= 0.3 is 0 Å². The van der Waals surface area contributed by atoms with E-state index >= 15 is 0 Å². The molecule has 1 atom stereocenters. The molecule has 0 radical (unpaired) electrons. The standard InChI is InChI=1S/C21H29N3OS/c1-15(2)16(3)23-21(25)18-9-11-24(12-10-18)14-20-22-13-19(26-20)17-7-5-4-6-8-17/h4-8,13,15-16,18H,9-12,14H2,1-3H3,(H,23,25). The minimum atomic E-state index is 0.156. The van der Waals surface area contributed by atoms with Crippen LogP contribution in [0.1, 0.15) is 38.6 Å². The highest BCUT2D eigenvalue weighted by molar-refractivity contribution is 7.15. The molecule has 0 bridgehead atoms. The van der Waals surface area contributed by atoms with Crippen LogP contribution in [-0.4, -0.2) is 34.9 Å². The first kappa shape index (κ1) is 19.1. The molecule has 0 saturated carbocycles. The molecule has 1 fully saturated rings. The monoisotopic (exact) mass is 371 g/mol. The topological polar surface area (TPSA) is 45.2 Å². The molecule has 4 nitrogen and oxygen atoms in total. The van der Waals surface area contributed by atoms with Crippen LogP contribution in [-0.2, 0) is 11.3 Å². The van der Waals surface area contributed by atoms with Crippen LogP contribution in [0.25, 0.3) is 10.4 Å². The van der Waals surface area contributed by atoms with Gasteiger partial charge in [-0.15, -0.1) is 11.3 Å². The van der Waals surface area contributed by atoms with E-state index in [9.17, 15) is 4.79 Å². The second kappa shape index (κ2) is 8.78. The first-order valence-corrected chi connectivity index (χ1v) is 10.4. The van der Waals surface area contributed by atoms with Crippen LogP contribution in [0, 0.1) is 11.8 Å². The van der Waals surface area contributed by atoms with E-state index in [0.717, 1.165) is 37.5 Å². The van der Waals surface area contributed by atoms with Gasteiger partial charge in [0.15, 0.2) is 0 Å². The van der Waals surface area contributed by atoms with Gasteiger partial charge in [0, 0.05) is 18.2 Å². The summed E-state index contributed by atoms with van der Waals surface area (Å²) >= 11 is 1.77. The van der Waals surface area contributed by atoms with Crippen molar-refractivity contribution >= 4 is 17.2 Å². The van der Waals surface area contributed by atoms with Gasteiger partial charge in [-0.05, 0) is 44.3 Å². The third kappa shape index (κ3) is 4.92.